The molecule has 0 spiro atoms. The van der Waals surface area contributed by atoms with Gasteiger partial charge in [0.25, 0.3) is 5.91 Å². The van der Waals surface area contributed by atoms with Gasteiger partial charge >= 0.3 is 0 Å². The normalized spacial score (nSPS) is 20.4. The zero-order valence-corrected chi connectivity index (χ0v) is 16.1. The summed E-state index contributed by atoms with van der Waals surface area (Å²) in [6.07, 6.45) is 1.01. The average Bonchev–Trinajstić information content (AvgIpc) is 3.14. The molecule has 1 fully saturated rings. The number of benzene rings is 1. The molecule has 3 nitrogen and oxygen atoms in total. The quantitative estimate of drug-likeness (QED) is 0.807. The van der Waals surface area contributed by atoms with E-state index in [-0.39, 0.29) is 24.4 Å². The van der Waals surface area contributed by atoms with Gasteiger partial charge in [0.15, 0.2) is 0 Å². The van der Waals surface area contributed by atoms with E-state index in [9.17, 15) is 4.79 Å². The van der Waals surface area contributed by atoms with E-state index < -0.39 is 0 Å². The summed E-state index contributed by atoms with van der Waals surface area (Å²) in [7, 11) is 0. The van der Waals surface area contributed by atoms with Crippen LogP contribution in [-0.4, -0.2) is 29.9 Å². The Morgan fingerprint density at radius 1 is 1.30 bits per heavy atom. The average molecular weight is 416 g/mol. The summed E-state index contributed by atoms with van der Waals surface area (Å²) >= 11 is 5.00. The van der Waals surface area contributed by atoms with Gasteiger partial charge in [-0.2, -0.15) is 0 Å². The van der Waals surface area contributed by atoms with E-state index in [2.05, 4.69) is 35.0 Å². The molecule has 1 aromatic carbocycles. The van der Waals surface area contributed by atoms with Crippen molar-refractivity contribution in [2.75, 3.05) is 13.1 Å². The standard InChI is InChI=1S/C17H19BrN2OS.ClH/c1-11-8-12(9-19)10-20(11)17(21)16-7-6-15(22-16)13-2-4-14(18)5-3-13;/h2-7,11-12H,8-10,19H2,1H3;1H. The number of amides is 1. The van der Waals surface area contributed by atoms with Gasteiger partial charge in [-0.15, -0.1) is 23.7 Å². The molecule has 1 aliphatic heterocycles. The van der Waals surface area contributed by atoms with Crippen LogP contribution in [0.15, 0.2) is 40.9 Å². The number of thiophene rings is 1. The van der Waals surface area contributed by atoms with Crippen LogP contribution in [0, 0.1) is 5.92 Å². The molecule has 2 unspecified atom stereocenters. The molecule has 3 rings (SSSR count). The highest BCUT2D eigenvalue weighted by Gasteiger charge is 2.32. The zero-order valence-electron chi connectivity index (χ0n) is 12.9. The maximum atomic E-state index is 12.7. The van der Waals surface area contributed by atoms with Crippen molar-refractivity contribution in [2.45, 2.75) is 19.4 Å². The van der Waals surface area contributed by atoms with Crippen LogP contribution in [0.1, 0.15) is 23.0 Å². The van der Waals surface area contributed by atoms with E-state index >= 15 is 0 Å². The highest BCUT2D eigenvalue weighted by atomic mass is 79.9. The van der Waals surface area contributed by atoms with Gasteiger partial charge in [0, 0.05) is 21.9 Å². The third-order valence-corrected chi connectivity index (χ3v) is 5.85. The Labute approximate surface area is 155 Å². The Kier molecular flexibility index (Phi) is 6.26. The van der Waals surface area contributed by atoms with Crippen molar-refractivity contribution in [1.29, 1.82) is 0 Å². The number of likely N-dealkylation sites (tertiary alicyclic amines) is 1. The van der Waals surface area contributed by atoms with Gasteiger partial charge in [0.1, 0.15) is 0 Å². The molecule has 1 aliphatic rings. The molecule has 0 bridgehead atoms. The Morgan fingerprint density at radius 2 is 2.00 bits per heavy atom. The minimum Gasteiger partial charge on any atom is -0.335 e. The van der Waals surface area contributed by atoms with Gasteiger partial charge < -0.3 is 10.6 Å². The molecule has 2 N–H and O–H groups in total. The zero-order chi connectivity index (χ0) is 15.7. The summed E-state index contributed by atoms with van der Waals surface area (Å²) in [5.74, 6) is 0.571. The van der Waals surface area contributed by atoms with Crippen molar-refractivity contribution in [3.63, 3.8) is 0 Å². The topological polar surface area (TPSA) is 46.3 Å². The Morgan fingerprint density at radius 3 is 2.61 bits per heavy atom. The molecule has 124 valence electrons. The van der Waals surface area contributed by atoms with Gasteiger partial charge in [0.2, 0.25) is 0 Å². The number of carbonyl (C=O) groups excluding carboxylic acids is 1. The second-order valence-corrected chi connectivity index (χ2v) is 7.81. The molecular formula is C17H20BrClN2OS. The third kappa shape index (κ3) is 3.97. The molecule has 1 saturated heterocycles. The van der Waals surface area contributed by atoms with Crippen molar-refractivity contribution >= 4 is 45.6 Å². The van der Waals surface area contributed by atoms with Crippen molar-refractivity contribution in [3.05, 3.63) is 45.7 Å². The molecule has 1 aromatic heterocycles. The summed E-state index contributed by atoms with van der Waals surface area (Å²) in [5.41, 5.74) is 6.89. The van der Waals surface area contributed by atoms with Crippen LogP contribution in [0.25, 0.3) is 10.4 Å². The molecule has 1 amide bonds. The number of nitrogens with two attached hydrogens (primary N) is 1. The highest BCUT2D eigenvalue weighted by Crippen LogP contribution is 2.32. The van der Waals surface area contributed by atoms with Crippen molar-refractivity contribution in [1.82, 2.24) is 4.90 Å². The van der Waals surface area contributed by atoms with E-state index in [1.54, 1.807) is 11.3 Å². The van der Waals surface area contributed by atoms with Gasteiger partial charge in [-0.1, -0.05) is 28.1 Å². The largest absolute Gasteiger partial charge is 0.335 e. The van der Waals surface area contributed by atoms with Crippen LogP contribution in [-0.2, 0) is 0 Å². The first-order valence-corrected chi connectivity index (χ1v) is 9.06. The molecule has 23 heavy (non-hydrogen) atoms. The molecule has 0 saturated carbocycles. The van der Waals surface area contributed by atoms with Crippen LogP contribution < -0.4 is 5.73 Å². The maximum Gasteiger partial charge on any atom is 0.264 e. The maximum absolute atomic E-state index is 12.7. The fourth-order valence-corrected chi connectivity index (χ4v) is 4.19. The summed E-state index contributed by atoms with van der Waals surface area (Å²) in [6.45, 7) is 3.54. The smallest absolute Gasteiger partial charge is 0.264 e. The molecule has 0 radical (unpaired) electrons. The third-order valence-electron chi connectivity index (χ3n) is 4.20. The van der Waals surface area contributed by atoms with Crippen molar-refractivity contribution in [3.8, 4) is 10.4 Å². The fraction of sp³-hybridized carbons (Fsp3) is 0.353. The number of carbonyl (C=O) groups is 1. The minimum absolute atomic E-state index is 0. The Bertz CT molecular complexity index is 673. The Hall–Kier alpha value is -0.880. The SMILES string of the molecule is CC1CC(CN)CN1C(=O)c1ccc(-c2ccc(Br)cc2)s1.Cl. The monoisotopic (exact) mass is 414 g/mol. The van der Waals surface area contributed by atoms with Gasteiger partial charge in [-0.05, 0) is 55.6 Å². The van der Waals surface area contributed by atoms with Crippen LogP contribution in [0.4, 0.5) is 0 Å². The van der Waals surface area contributed by atoms with E-state index in [0.29, 0.717) is 12.5 Å². The molecule has 6 heteroatoms. The van der Waals surface area contributed by atoms with E-state index in [1.165, 1.54) is 0 Å². The number of nitrogens with zero attached hydrogens (tertiary/aromatic N) is 1. The summed E-state index contributed by atoms with van der Waals surface area (Å²) in [6, 6.07) is 12.4. The predicted molar refractivity (Wildman–Crippen MR) is 102 cm³/mol. The number of hydrogen-bond donors (Lipinski definition) is 1. The van der Waals surface area contributed by atoms with E-state index in [0.717, 1.165) is 32.8 Å². The first-order valence-electron chi connectivity index (χ1n) is 7.45. The molecule has 2 aromatic rings. The summed E-state index contributed by atoms with van der Waals surface area (Å²) in [5, 5.41) is 0. The molecular weight excluding hydrogens is 396 g/mol. The van der Waals surface area contributed by atoms with Crippen LogP contribution in [0.3, 0.4) is 0 Å². The highest BCUT2D eigenvalue weighted by molar-refractivity contribution is 9.10. The lowest BCUT2D eigenvalue weighted by Crippen LogP contribution is -2.33. The van der Waals surface area contributed by atoms with Gasteiger partial charge in [0.05, 0.1) is 4.88 Å². The minimum atomic E-state index is 0. The van der Waals surface area contributed by atoms with Crippen LogP contribution in [0.2, 0.25) is 0 Å². The van der Waals surface area contributed by atoms with Crippen LogP contribution in [0.5, 0.6) is 0 Å². The van der Waals surface area contributed by atoms with E-state index in [4.69, 9.17) is 5.73 Å². The second kappa shape index (κ2) is 7.79. The van der Waals surface area contributed by atoms with E-state index in [1.807, 2.05) is 29.2 Å². The van der Waals surface area contributed by atoms with Gasteiger partial charge in [-0.25, -0.2) is 0 Å². The van der Waals surface area contributed by atoms with Crippen molar-refractivity contribution < 1.29 is 4.79 Å². The van der Waals surface area contributed by atoms with Crippen molar-refractivity contribution in [2.24, 2.45) is 11.7 Å². The summed E-state index contributed by atoms with van der Waals surface area (Å²) < 4.78 is 1.06. The Balaban J connectivity index is 0.00000192. The first kappa shape index (κ1) is 18.5. The lowest BCUT2D eigenvalue weighted by molar-refractivity contribution is 0.0748. The summed E-state index contributed by atoms with van der Waals surface area (Å²) in [4.78, 5) is 16.6. The first-order chi connectivity index (χ1) is 10.6. The lowest BCUT2D eigenvalue weighted by atomic mass is 10.1. The molecule has 2 heterocycles. The second-order valence-electron chi connectivity index (χ2n) is 5.81. The van der Waals surface area contributed by atoms with Crippen LogP contribution >= 0.6 is 39.7 Å². The number of rotatable bonds is 3. The lowest BCUT2D eigenvalue weighted by Gasteiger charge is -2.20. The number of hydrogen-bond acceptors (Lipinski definition) is 3. The number of halogens is 2. The predicted octanol–water partition coefficient (Wildman–Crippen LogP) is 4.41. The molecule has 2 atom stereocenters. The van der Waals surface area contributed by atoms with Gasteiger partial charge in [-0.3, -0.25) is 4.79 Å². The molecule has 0 aliphatic carbocycles. The fourth-order valence-electron chi connectivity index (χ4n) is 2.96.